The molecule has 3 aromatic carbocycles. The summed E-state index contributed by atoms with van der Waals surface area (Å²) in [6, 6.07) is 26.1. The highest BCUT2D eigenvalue weighted by molar-refractivity contribution is 6.25. The predicted octanol–water partition coefficient (Wildman–Crippen LogP) is 5.88. The normalized spacial score (nSPS) is 16.7. The SMILES string of the molecule is O=C(Nc1ccc2ncccc2c1)[C@@H]1C/C(=C/Cl)CN1C(=O)c1ccc(-c2ccccc2)cc1. The highest BCUT2D eigenvalue weighted by atomic mass is 35.5. The molecule has 6 heteroatoms. The fourth-order valence-corrected chi connectivity index (χ4v) is 4.42. The Morgan fingerprint density at radius 3 is 2.47 bits per heavy atom. The molecule has 1 fully saturated rings. The Kier molecular flexibility index (Phi) is 6.11. The van der Waals surface area contributed by atoms with Crippen LogP contribution in [0.25, 0.3) is 22.0 Å². The van der Waals surface area contributed by atoms with E-state index in [4.69, 9.17) is 11.6 Å². The van der Waals surface area contributed by atoms with E-state index in [2.05, 4.69) is 10.3 Å². The molecule has 0 spiro atoms. The van der Waals surface area contributed by atoms with Crippen molar-refractivity contribution < 1.29 is 9.59 Å². The minimum Gasteiger partial charge on any atom is -0.324 e. The summed E-state index contributed by atoms with van der Waals surface area (Å²) in [6.07, 6.45) is 2.13. The summed E-state index contributed by atoms with van der Waals surface area (Å²) in [5.74, 6) is -0.443. The van der Waals surface area contributed by atoms with Crippen molar-refractivity contribution >= 4 is 40.0 Å². The smallest absolute Gasteiger partial charge is 0.254 e. The molecule has 0 unspecified atom stereocenters. The van der Waals surface area contributed by atoms with Crippen LogP contribution in [0.3, 0.4) is 0 Å². The third kappa shape index (κ3) is 4.43. The third-order valence-electron chi connectivity index (χ3n) is 6.03. The van der Waals surface area contributed by atoms with E-state index >= 15 is 0 Å². The lowest BCUT2D eigenvalue weighted by atomic mass is 10.0. The Bertz CT molecular complexity index is 1380. The zero-order valence-electron chi connectivity index (χ0n) is 18.3. The van der Waals surface area contributed by atoms with Gasteiger partial charge in [-0.3, -0.25) is 14.6 Å². The molecule has 34 heavy (non-hydrogen) atoms. The van der Waals surface area contributed by atoms with Gasteiger partial charge in [0.2, 0.25) is 5.91 Å². The summed E-state index contributed by atoms with van der Waals surface area (Å²) in [7, 11) is 0. The highest BCUT2D eigenvalue weighted by Gasteiger charge is 2.37. The molecule has 1 aliphatic heterocycles. The number of rotatable bonds is 4. The van der Waals surface area contributed by atoms with Gasteiger partial charge in [-0.2, -0.15) is 0 Å². The number of hydrogen-bond acceptors (Lipinski definition) is 3. The average molecular weight is 468 g/mol. The van der Waals surface area contributed by atoms with Crippen LogP contribution < -0.4 is 5.32 Å². The molecule has 2 amide bonds. The highest BCUT2D eigenvalue weighted by Crippen LogP contribution is 2.28. The summed E-state index contributed by atoms with van der Waals surface area (Å²) in [5, 5.41) is 3.89. The Hall–Kier alpha value is -3.96. The molecular weight excluding hydrogens is 446 g/mol. The van der Waals surface area contributed by atoms with Crippen molar-refractivity contribution in [2.45, 2.75) is 12.5 Å². The van der Waals surface area contributed by atoms with Crippen LogP contribution in [0.15, 0.2) is 102 Å². The van der Waals surface area contributed by atoms with Gasteiger partial charge < -0.3 is 10.2 Å². The van der Waals surface area contributed by atoms with Crippen molar-refractivity contribution in [2.75, 3.05) is 11.9 Å². The summed E-state index contributed by atoms with van der Waals surface area (Å²) in [5.41, 5.74) is 6.47. The molecule has 0 radical (unpaired) electrons. The van der Waals surface area contributed by atoms with E-state index in [0.29, 0.717) is 24.2 Å². The number of likely N-dealkylation sites (tertiary alicyclic amines) is 1. The number of fused-ring (bicyclic) bond motifs is 1. The summed E-state index contributed by atoms with van der Waals surface area (Å²) >= 11 is 5.97. The fourth-order valence-electron chi connectivity index (χ4n) is 4.26. The maximum Gasteiger partial charge on any atom is 0.254 e. The van der Waals surface area contributed by atoms with Gasteiger partial charge in [-0.05, 0) is 53.1 Å². The molecule has 0 saturated carbocycles. The number of halogens is 1. The number of pyridine rings is 1. The number of aromatic nitrogens is 1. The molecule has 1 aliphatic rings. The second-order valence-electron chi connectivity index (χ2n) is 8.26. The molecule has 1 saturated heterocycles. The Morgan fingerprint density at radius 2 is 1.71 bits per heavy atom. The summed E-state index contributed by atoms with van der Waals surface area (Å²) in [6.45, 7) is 0.322. The number of carbonyl (C=O) groups excluding carboxylic acids is 2. The third-order valence-corrected chi connectivity index (χ3v) is 6.34. The van der Waals surface area contributed by atoms with Crippen LogP contribution in [-0.2, 0) is 4.79 Å². The summed E-state index contributed by atoms with van der Waals surface area (Å²) < 4.78 is 0. The zero-order chi connectivity index (χ0) is 23.5. The van der Waals surface area contributed by atoms with Gasteiger partial charge in [0.1, 0.15) is 6.04 Å². The van der Waals surface area contributed by atoms with E-state index in [1.165, 1.54) is 5.54 Å². The minimum absolute atomic E-state index is 0.198. The number of benzene rings is 3. The fraction of sp³-hybridized carbons (Fsp3) is 0.107. The van der Waals surface area contributed by atoms with Crippen LogP contribution in [0, 0.1) is 0 Å². The predicted molar refractivity (Wildman–Crippen MR) is 136 cm³/mol. The molecule has 168 valence electrons. The molecule has 1 N–H and O–H groups in total. The van der Waals surface area contributed by atoms with E-state index in [0.717, 1.165) is 27.6 Å². The van der Waals surface area contributed by atoms with Crippen molar-refractivity contribution in [3.05, 3.63) is 108 Å². The number of amides is 2. The van der Waals surface area contributed by atoms with Crippen LogP contribution in [0.5, 0.6) is 0 Å². The first kappa shape index (κ1) is 21.9. The Balaban J connectivity index is 1.36. The van der Waals surface area contributed by atoms with Crippen molar-refractivity contribution in [1.29, 1.82) is 0 Å². The second kappa shape index (κ2) is 9.49. The molecular formula is C28H22ClN3O2. The molecule has 2 heterocycles. The molecule has 1 aromatic heterocycles. The van der Waals surface area contributed by atoms with Crippen LogP contribution in [-0.4, -0.2) is 34.3 Å². The maximum absolute atomic E-state index is 13.4. The topological polar surface area (TPSA) is 62.3 Å². The van der Waals surface area contributed by atoms with E-state index < -0.39 is 6.04 Å². The minimum atomic E-state index is -0.643. The van der Waals surface area contributed by atoms with E-state index in [9.17, 15) is 9.59 Å². The number of hydrogen-bond donors (Lipinski definition) is 1. The van der Waals surface area contributed by atoms with Gasteiger partial charge in [-0.25, -0.2) is 0 Å². The van der Waals surface area contributed by atoms with E-state index in [1.807, 2.05) is 72.8 Å². The lowest BCUT2D eigenvalue weighted by Gasteiger charge is -2.24. The molecule has 5 rings (SSSR count). The Morgan fingerprint density at radius 1 is 0.941 bits per heavy atom. The van der Waals surface area contributed by atoms with E-state index in [-0.39, 0.29) is 11.8 Å². The molecule has 5 nitrogen and oxygen atoms in total. The van der Waals surface area contributed by atoms with Gasteiger partial charge in [-0.1, -0.05) is 60.1 Å². The number of carbonyl (C=O) groups is 2. The molecule has 0 aliphatic carbocycles. The van der Waals surface area contributed by atoms with Crippen LogP contribution in [0.4, 0.5) is 5.69 Å². The Labute approximate surface area is 202 Å². The average Bonchev–Trinajstić information content (AvgIpc) is 3.34. The number of nitrogens with zero attached hydrogens (tertiary/aromatic N) is 2. The van der Waals surface area contributed by atoms with E-state index in [1.54, 1.807) is 23.2 Å². The monoisotopic (exact) mass is 467 g/mol. The first-order valence-corrected chi connectivity index (χ1v) is 11.5. The van der Waals surface area contributed by atoms with Crippen molar-refractivity contribution in [1.82, 2.24) is 9.88 Å². The first-order chi connectivity index (χ1) is 16.6. The van der Waals surface area contributed by atoms with Gasteiger partial charge >= 0.3 is 0 Å². The molecule has 1 atom stereocenters. The first-order valence-electron chi connectivity index (χ1n) is 11.0. The van der Waals surface area contributed by atoms with Gasteiger partial charge in [0.15, 0.2) is 0 Å². The van der Waals surface area contributed by atoms with Crippen molar-refractivity contribution in [2.24, 2.45) is 0 Å². The summed E-state index contributed by atoms with van der Waals surface area (Å²) in [4.78, 5) is 32.5. The largest absolute Gasteiger partial charge is 0.324 e. The lowest BCUT2D eigenvalue weighted by molar-refractivity contribution is -0.119. The quantitative estimate of drug-likeness (QED) is 0.408. The van der Waals surface area contributed by atoms with Crippen LogP contribution in [0.2, 0.25) is 0 Å². The molecule has 4 aromatic rings. The molecule has 0 bridgehead atoms. The number of nitrogens with one attached hydrogen (secondary N) is 1. The van der Waals surface area contributed by atoms with Crippen LogP contribution in [0.1, 0.15) is 16.8 Å². The van der Waals surface area contributed by atoms with Crippen molar-refractivity contribution in [3.63, 3.8) is 0 Å². The lowest BCUT2D eigenvalue weighted by Crippen LogP contribution is -2.43. The van der Waals surface area contributed by atoms with Gasteiger partial charge in [0.25, 0.3) is 5.91 Å². The van der Waals surface area contributed by atoms with Gasteiger partial charge in [-0.15, -0.1) is 0 Å². The standard InChI is InChI=1S/C28H22ClN3O2/c29-17-19-15-26(27(33)31-24-12-13-25-23(16-24)7-4-14-30-25)32(18-19)28(34)22-10-8-21(9-11-22)20-5-2-1-3-6-20/h1-14,16-17,26H,15,18H2,(H,31,33)/b19-17-/t26-/m0/s1. The maximum atomic E-state index is 13.4. The second-order valence-corrected chi connectivity index (χ2v) is 8.48. The van der Waals surface area contributed by atoms with Gasteiger partial charge in [0.05, 0.1) is 5.52 Å². The zero-order valence-corrected chi connectivity index (χ0v) is 19.1. The van der Waals surface area contributed by atoms with Gasteiger partial charge in [0, 0.05) is 41.3 Å². The van der Waals surface area contributed by atoms with Crippen LogP contribution >= 0.6 is 11.6 Å². The van der Waals surface area contributed by atoms with Crippen molar-refractivity contribution in [3.8, 4) is 11.1 Å². The number of anilines is 1.